The van der Waals surface area contributed by atoms with E-state index in [2.05, 4.69) is 15.4 Å². The highest BCUT2D eigenvalue weighted by Gasteiger charge is 2.19. The number of aromatic nitrogens is 3. The van der Waals surface area contributed by atoms with E-state index in [1.54, 1.807) is 6.92 Å². The highest BCUT2D eigenvalue weighted by atomic mass is 19.3. The van der Waals surface area contributed by atoms with E-state index in [1.807, 2.05) is 0 Å². The topological polar surface area (TPSA) is 59.3 Å². The lowest BCUT2D eigenvalue weighted by atomic mass is 10.3. The van der Waals surface area contributed by atoms with Crippen molar-refractivity contribution in [2.45, 2.75) is 13.3 Å². The maximum atomic E-state index is 12.8. The van der Waals surface area contributed by atoms with Crippen LogP contribution >= 0.6 is 0 Å². The maximum absolute atomic E-state index is 12.8. The number of nitrogens with one attached hydrogen (secondary N) is 1. The molecule has 0 bridgehead atoms. The second kappa shape index (κ2) is 4.08. The van der Waals surface area contributed by atoms with Crippen LogP contribution in [0, 0.1) is 6.92 Å². The van der Waals surface area contributed by atoms with E-state index < -0.39 is 12.3 Å². The lowest BCUT2D eigenvalue weighted by Crippen LogP contribution is -2.18. The smallest absolute Gasteiger partial charge is 0.280 e. The fourth-order valence-electron chi connectivity index (χ4n) is 1.56. The number of rotatable bonds is 2. The van der Waals surface area contributed by atoms with Crippen LogP contribution in [0.2, 0.25) is 0 Å². The summed E-state index contributed by atoms with van der Waals surface area (Å²) in [6.45, 7) is 1.59. The average molecular weight is 240 g/mol. The highest BCUT2D eigenvalue weighted by molar-refractivity contribution is 5.99. The molecular formula is C10H10F2N4O. The Balaban J connectivity index is 2.73. The van der Waals surface area contributed by atoms with E-state index in [4.69, 9.17) is 0 Å². The number of aryl methyl sites for hydroxylation is 1. The lowest BCUT2D eigenvalue weighted by Gasteiger charge is -2.05. The van der Waals surface area contributed by atoms with Crippen molar-refractivity contribution >= 4 is 11.6 Å². The van der Waals surface area contributed by atoms with Crippen molar-refractivity contribution in [2.24, 2.45) is 0 Å². The molecule has 7 heteroatoms. The van der Waals surface area contributed by atoms with Crippen molar-refractivity contribution in [3.05, 3.63) is 29.2 Å². The third kappa shape index (κ3) is 1.83. The second-order valence-corrected chi connectivity index (χ2v) is 3.50. The van der Waals surface area contributed by atoms with Gasteiger partial charge in [-0.1, -0.05) is 0 Å². The first-order valence-electron chi connectivity index (χ1n) is 4.90. The fourth-order valence-corrected chi connectivity index (χ4v) is 1.56. The third-order valence-electron chi connectivity index (χ3n) is 2.32. The van der Waals surface area contributed by atoms with Crippen LogP contribution in [0.4, 0.5) is 8.78 Å². The van der Waals surface area contributed by atoms with Gasteiger partial charge in [-0.3, -0.25) is 4.79 Å². The number of hydrogen-bond donors (Lipinski definition) is 1. The van der Waals surface area contributed by atoms with Crippen molar-refractivity contribution in [3.63, 3.8) is 0 Å². The molecule has 0 aliphatic rings. The summed E-state index contributed by atoms with van der Waals surface area (Å²) in [6.07, 6.45) is -1.44. The minimum Gasteiger partial charge on any atom is -0.355 e. The molecule has 0 aliphatic heterocycles. The van der Waals surface area contributed by atoms with Gasteiger partial charge in [0.15, 0.2) is 5.65 Å². The van der Waals surface area contributed by atoms with E-state index in [-0.39, 0.29) is 16.9 Å². The first kappa shape index (κ1) is 11.4. The van der Waals surface area contributed by atoms with Crippen LogP contribution in [0.5, 0.6) is 0 Å². The molecular weight excluding hydrogens is 230 g/mol. The Morgan fingerprint density at radius 2 is 2.24 bits per heavy atom. The number of fused-ring (bicyclic) bond motifs is 1. The molecule has 0 radical (unpaired) electrons. The quantitative estimate of drug-likeness (QED) is 0.861. The van der Waals surface area contributed by atoms with Crippen molar-refractivity contribution in [1.29, 1.82) is 0 Å². The van der Waals surface area contributed by atoms with Gasteiger partial charge in [0.1, 0.15) is 11.3 Å². The second-order valence-electron chi connectivity index (χ2n) is 3.50. The molecule has 90 valence electrons. The molecule has 1 N–H and O–H groups in total. The molecule has 0 atom stereocenters. The number of amides is 1. The Kier molecular flexibility index (Phi) is 2.74. The summed E-state index contributed by atoms with van der Waals surface area (Å²) in [4.78, 5) is 15.5. The Labute approximate surface area is 95.5 Å². The Hall–Kier alpha value is -2.05. The van der Waals surface area contributed by atoms with Crippen molar-refractivity contribution < 1.29 is 13.6 Å². The van der Waals surface area contributed by atoms with Crippen LogP contribution in [-0.2, 0) is 0 Å². The van der Waals surface area contributed by atoms with Gasteiger partial charge in [-0.25, -0.2) is 18.3 Å². The molecule has 0 saturated heterocycles. The molecule has 2 aromatic heterocycles. The van der Waals surface area contributed by atoms with Gasteiger partial charge in [0.25, 0.3) is 12.3 Å². The Bertz CT molecular complexity index is 579. The van der Waals surface area contributed by atoms with Crippen LogP contribution in [0.15, 0.2) is 12.3 Å². The molecule has 0 saturated carbocycles. The lowest BCUT2D eigenvalue weighted by molar-refractivity contribution is 0.0964. The SMILES string of the molecule is CNC(=O)c1cnn2c(C(F)F)cc(C)nc12. The molecule has 17 heavy (non-hydrogen) atoms. The summed E-state index contributed by atoms with van der Waals surface area (Å²) in [7, 11) is 1.45. The first-order valence-corrected chi connectivity index (χ1v) is 4.90. The van der Waals surface area contributed by atoms with E-state index >= 15 is 0 Å². The van der Waals surface area contributed by atoms with Crippen molar-refractivity contribution in [2.75, 3.05) is 7.05 Å². The highest BCUT2D eigenvalue weighted by Crippen LogP contribution is 2.21. The molecule has 0 spiro atoms. The van der Waals surface area contributed by atoms with Gasteiger partial charge in [-0.2, -0.15) is 5.10 Å². The number of halogens is 2. The van der Waals surface area contributed by atoms with E-state index in [1.165, 1.54) is 19.3 Å². The number of alkyl halides is 2. The molecule has 2 rings (SSSR count). The summed E-state index contributed by atoms with van der Waals surface area (Å²) in [5.41, 5.74) is 0.457. The Morgan fingerprint density at radius 1 is 1.53 bits per heavy atom. The third-order valence-corrected chi connectivity index (χ3v) is 2.32. The summed E-state index contributed by atoms with van der Waals surface area (Å²) in [5.74, 6) is -0.404. The fraction of sp³-hybridized carbons (Fsp3) is 0.300. The zero-order valence-corrected chi connectivity index (χ0v) is 9.24. The minimum absolute atomic E-state index is 0.139. The van der Waals surface area contributed by atoms with Crippen LogP contribution in [0.25, 0.3) is 5.65 Å². The van der Waals surface area contributed by atoms with Gasteiger partial charge in [0, 0.05) is 12.7 Å². The minimum atomic E-state index is -2.67. The van der Waals surface area contributed by atoms with E-state index in [9.17, 15) is 13.6 Å². The van der Waals surface area contributed by atoms with Gasteiger partial charge in [0.2, 0.25) is 0 Å². The monoisotopic (exact) mass is 240 g/mol. The van der Waals surface area contributed by atoms with Gasteiger partial charge in [-0.15, -0.1) is 0 Å². The normalized spacial score (nSPS) is 11.1. The van der Waals surface area contributed by atoms with Gasteiger partial charge < -0.3 is 5.32 Å². The van der Waals surface area contributed by atoms with Gasteiger partial charge >= 0.3 is 0 Å². The first-order chi connectivity index (χ1) is 8.04. The molecule has 0 aliphatic carbocycles. The van der Waals surface area contributed by atoms with Crippen molar-refractivity contribution in [1.82, 2.24) is 19.9 Å². The zero-order valence-electron chi connectivity index (χ0n) is 9.24. The molecule has 5 nitrogen and oxygen atoms in total. The largest absolute Gasteiger partial charge is 0.355 e. The van der Waals surface area contributed by atoms with E-state index in [0.29, 0.717) is 5.69 Å². The van der Waals surface area contributed by atoms with Crippen LogP contribution in [-0.4, -0.2) is 27.6 Å². The van der Waals surface area contributed by atoms with Crippen LogP contribution in [0.1, 0.15) is 28.2 Å². The summed E-state index contributed by atoms with van der Waals surface area (Å²) in [6, 6.07) is 1.25. The molecule has 2 aromatic rings. The number of nitrogens with zero attached hydrogens (tertiary/aromatic N) is 3. The van der Waals surface area contributed by atoms with E-state index in [0.717, 1.165) is 4.52 Å². The van der Waals surface area contributed by atoms with Gasteiger partial charge in [0.05, 0.1) is 6.20 Å². The maximum Gasteiger partial charge on any atom is 0.280 e. The number of hydrogen-bond acceptors (Lipinski definition) is 3. The van der Waals surface area contributed by atoms with Crippen LogP contribution < -0.4 is 5.32 Å². The summed E-state index contributed by atoms with van der Waals surface area (Å²) >= 11 is 0. The van der Waals surface area contributed by atoms with Crippen molar-refractivity contribution in [3.8, 4) is 0 Å². The molecule has 0 fully saturated rings. The predicted molar refractivity (Wildman–Crippen MR) is 56.1 cm³/mol. The molecule has 1 amide bonds. The average Bonchev–Trinajstić information content (AvgIpc) is 2.70. The predicted octanol–water partition coefficient (Wildman–Crippen LogP) is 1.33. The van der Waals surface area contributed by atoms with Crippen LogP contribution in [0.3, 0.4) is 0 Å². The summed E-state index contributed by atoms with van der Waals surface area (Å²) < 4.78 is 26.5. The Morgan fingerprint density at radius 3 is 2.82 bits per heavy atom. The molecule has 0 unspecified atom stereocenters. The molecule has 0 aromatic carbocycles. The number of carbonyl (C=O) groups excluding carboxylic acids is 1. The summed E-state index contributed by atoms with van der Waals surface area (Å²) in [5, 5.41) is 6.17. The zero-order chi connectivity index (χ0) is 12.6. The number of carbonyl (C=O) groups is 1. The van der Waals surface area contributed by atoms with Gasteiger partial charge in [-0.05, 0) is 13.0 Å². The molecule has 2 heterocycles. The standard InChI is InChI=1S/C10H10F2N4O/c1-5-3-7(8(11)12)16-9(15-5)6(4-14-16)10(17)13-2/h3-4,8H,1-2H3,(H,13,17).